The predicted octanol–water partition coefficient (Wildman–Crippen LogP) is 2.68. The van der Waals surface area contributed by atoms with E-state index in [-0.39, 0.29) is 4.88 Å². The van der Waals surface area contributed by atoms with Crippen molar-refractivity contribution in [3.63, 3.8) is 0 Å². The van der Waals surface area contributed by atoms with Gasteiger partial charge in [0.15, 0.2) is 9.52 Å². The minimum atomic E-state index is -4.68. The van der Waals surface area contributed by atoms with Crippen molar-refractivity contribution in [2.75, 3.05) is 0 Å². The molecule has 13 heavy (non-hydrogen) atoms. The number of rotatable bonds is 1. The minimum absolute atomic E-state index is 0.230. The van der Waals surface area contributed by atoms with E-state index in [1.165, 1.54) is 0 Å². The van der Waals surface area contributed by atoms with E-state index in [9.17, 15) is 13.2 Å². The number of nitrogens with zero attached hydrogens (tertiary/aromatic N) is 1. The van der Waals surface area contributed by atoms with Crippen LogP contribution in [0.3, 0.4) is 0 Å². The molecule has 1 atom stereocenters. The largest absolute Gasteiger partial charge is 0.422 e. The lowest BCUT2D eigenvalue weighted by Crippen LogP contribution is -2.38. The molecule has 0 saturated heterocycles. The Morgan fingerprint density at radius 2 is 2.08 bits per heavy atom. The molecule has 0 bridgehead atoms. The van der Waals surface area contributed by atoms with Gasteiger partial charge in [-0.25, -0.2) is 4.98 Å². The fourth-order valence-electron chi connectivity index (χ4n) is 0.618. The highest BCUT2D eigenvalue weighted by atomic mass is 79.9. The molecule has 1 aromatic rings. The van der Waals surface area contributed by atoms with Gasteiger partial charge in [0.05, 0.1) is 4.88 Å². The van der Waals surface area contributed by atoms with Gasteiger partial charge in [-0.1, -0.05) is 0 Å². The van der Waals surface area contributed by atoms with Crippen LogP contribution in [0.2, 0.25) is 0 Å². The molecular formula is C6H5BrF3NOS. The van der Waals surface area contributed by atoms with E-state index in [0.29, 0.717) is 10.8 Å². The summed E-state index contributed by atoms with van der Waals surface area (Å²) in [6.07, 6.45) is -3.68. The van der Waals surface area contributed by atoms with Crippen LogP contribution in [0.15, 0.2) is 10.1 Å². The summed E-state index contributed by atoms with van der Waals surface area (Å²) in [6.45, 7) is 0.701. The first kappa shape index (κ1) is 10.9. The number of aromatic nitrogens is 1. The molecule has 74 valence electrons. The second-order valence-corrected chi connectivity index (χ2v) is 4.85. The second-order valence-electron chi connectivity index (χ2n) is 2.55. The molecule has 0 aliphatic rings. The number of hydrogen-bond acceptors (Lipinski definition) is 3. The molecule has 2 nitrogen and oxygen atoms in total. The maximum Gasteiger partial charge on any atom is 0.422 e. The van der Waals surface area contributed by atoms with Gasteiger partial charge in [-0.3, -0.25) is 0 Å². The Balaban J connectivity index is 3.07. The van der Waals surface area contributed by atoms with Gasteiger partial charge in [-0.2, -0.15) is 13.2 Å². The number of thiazole rings is 1. The van der Waals surface area contributed by atoms with Gasteiger partial charge in [0.25, 0.3) is 0 Å². The van der Waals surface area contributed by atoms with Crippen molar-refractivity contribution in [2.24, 2.45) is 0 Å². The smallest absolute Gasteiger partial charge is 0.376 e. The first-order chi connectivity index (χ1) is 5.75. The number of hydrogen-bond donors (Lipinski definition) is 1. The van der Waals surface area contributed by atoms with Crippen molar-refractivity contribution in [1.29, 1.82) is 0 Å². The Hall–Kier alpha value is -0.140. The first-order valence-corrected chi connectivity index (χ1v) is 4.77. The zero-order chi connectivity index (χ0) is 10.3. The third-order valence-corrected chi connectivity index (χ3v) is 3.20. The van der Waals surface area contributed by atoms with E-state index in [2.05, 4.69) is 20.9 Å². The molecule has 0 radical (unpaired) electrons. The summed E-state index contributed by atoms with van der Waals surface area (Å²) in [5, 5.41) is 9.16. The first-order valence-electron chi connectivity index (χ1n) is 3.16. The van der Waals surface area contributed by atoms with Crippen LogP contribution in [0, 0.1) is 0 Å². The van der Waals surface area contributed by atoms with Crippen molar-refractivity contribution in [3.8, 4) is 0 Å². The van der Waals surface area contributed by atoms with Gasteiger partial charge in [0.1, 0.15) is 0 Å². The summed E-state index contributed by atoms with van der Waals surface area (Å²) in [4.78, 5) is 3.34. The molecular weight excluding hydrogens is 271 g/mol. The molecule has 0 spiro atoms. The van der Waals surface area contributed by atoms with Crippen LogP contribution in [0.1, 0.15) is 11.8 Å². The SMILES string of the molecule is CC(O)(c1cnc(Br)s1)C(F)(F)F. The highest BCUT2D eigenvalue weighted by Crippen LogP contribution is 2.41. The van der Waals surface area contributed by atoms with Crippen LogP contribution < -0.4 is 0 Å². The maximum atomic E-state index is 12.2. The zero-order valence-electron chi connectivity index (χ0n) is 6.39. The lowest BCUT2D eigenvalue weighted by Gasteiger charge is -2.24. The lowest BCUT2D eigenvalue weighted by atomic mass is 10.1. The van der Waals surface area contributed by atoms with E-state index < -0.39 is 11.8 Å². The molecule has 0 aliphatic carbocycles. The van der Waals surface area contributed by atoms with E-state index in [4.69, 9.17) is 5.11 Å². The molecule has 1 unspecified atom stereocenters. The quantitative estimate of drug-likeness (QED) is 0.855. The molecule has 0 aromatic carbocycles. The average molecular weight is 276 g/mol. The summed E-state index contributed by atoms with van der Waals surface area (Å²) >= 11 is 3.68. The zero-order valence-corrected chi connectivity index (χ0v) is 8.79. The topological polar surface area (TPSA) is 33.1 Å². The van der Waals surface area contributed by atoms with Gasteiger partial charge < -0.3 is 5.11 Å². The summed E-state index contributed by atoms with van der Waals surface area (Å²) in [5.74, 6) is 0. The molecule has 1 heterocycles. The lowest BCUT2D eigenvalue weighted by molar-refractivity contribution is -0.257. The van der Waals surface area contributed by atoms with E-state index in [1.807, 2.05) is 0 Å². The third-order valence-electron chi connectivity index (χ3n) is 1.51. The van der Waals surface area contributed by atoms with Crippen LogP contribution >= 0.6 is 27.3 Å². The predicted molar refractivity (Wildman–Crippen MR) is 45.4 cm³/mol. The van der Waals surface area contributed by atoms with E-state index in [0.717, 1.165) is 17.5 Å². The van der Waals surface area contributed by atoms with Crippen molar-refractivity contribution >= 4 is 27.3 Å². The summed E-state index contributed by atoms with van der Waals surface area (Å²) in [6, 6.07) is 0. The minimum Gasteiger partial charge on any atom is -0.376 e. The Bertz CT molecular complexity index is 309. The molecule has 0 aliphatic heterocycles. The molecule has 1 aromatic heterocycles. The van der Waals surface area contributed by atoms with Gasteiger partial charge in [0, 0.05) is 6.20 Å². The van der Waals surface area contributed by atoms with Crippen molar-refractivity contribution in [1.82, 2.24) is 4.98 Å². The van der Waals surface area contributed by atoms with E-state index in [1.54, 1.807) is 0 Å². The number of halogens is 4. The molecule has 1 rings (SSSR count). The van der Waals surface area contributed by atoms with Crippen molar-refractivity contribution in [2.45, 2.75) is 18.7 Å². The van der Waals surface area contributed by atoms with Crippen LogP contribution in [0.4, 0.5) is 13.2 Å². The highest BCUT2D eigenvalue weighted by Gasteiger charge is 2.52. The fraction of sp³-hybridized carbons (Fsp3) is 0.500. The van der Waals surface area contributed by atoms with Crippen LogP contribution in [-0.2, 0) is 5.60 Å². The van der Waals surface area contributed by atoms with Gasteiger partial charge in [-0.15, -0.1) is 11.3 Å². The number of alkyl halides is 3. The second kappa shape index (κ2) is 3.21. The normalized spacial score (nSPS) is 17.1. The van der Waals surface area contributed by atoms with Crippen molar-refractivity contribution in [3.05, 3.63) is 15.0 Å². The van der Waals surface area contributed by atoms with Crippen LogP contribution in [0.25, 0.3) is 0 Å². The van der Waals surface area contributed by atoms with Crippen LogP contribution in [-0.4, -0.2) is 16.3 Å². The van der Waals surface area contributed by atoms with Gasteiger partial charge in [-0.05, 0) is 22.9 Å². The Morgan fingerprint density at radius 3 is 2.38 bits per heavy atom. The van der Waals surface area contributed by atoms with Gasteiger partial charge >= 0.3 is 6.18 Å². The Labute approximate surface area is 84.5 Å². The van der Waals surface area contributed by atoms with Crippen LogP contribution in [0.5, 0.6) is 0 Å². The molecule has 0 fully saturated rings. The Morgan fingerprint density at radius 1 is 1.54 bits per heavy atom. The van der Waals surface area contributed by atoms with Crippen molar-refractivity contribution < 1.29 is 18.3 Å². The summed E-state index contributed by atoms with van der Waals surface area (Å²) < 4.78 is 37.0. The number of aliphatic hydroxyl groups is 1. The monoisotopic (exact) mass is 275 g/mol. The molecule has 7 heteroatoms. The maximum absolute atomic E-state index is 12.2. The summed E-state index contributed by atoms with van der Waals surface area (Å²) in [7, 11) is 0. The van der Waals surface area contributed by atoms with E-state index >= 15 is 0 Å². The fourth-order valence-corrected chi connectivity index (χ4v) is 1.95. The Kier molecular flexibility index (Phi) is 2.70. The van der Waals surface area contributed by atoms with Gasteiger partial charge in [0.2, 0.25) is 0 Å². The molecule has 0 saturated carbocycles. The third kappa shape index (κ3) is 2.03. The molecule has 0 amide bonds. The standard InChI is InChI=1S/C6H5BrF3NOS/c1-5(12,6(8,9)10)3-2-11-4(7)13-3/h2,12H,1H3. The molecule has 1 N–H and O–H groups in total. The summed E-state index contributed by atoms with van der Waals surface area (Å²) in [5.41, 5.74) is -2.82. The highest BCUT2D eigenvalue weighted by molar-refractivity contribution is 9.11. The average Bonchev–Trinajstić information content (AvgIpc) is 2.33.